The molecule has 1 heterocycles. The Morgan fingerprint density at radius 1 is 1.27 bits per heavy atom. The Kier molecular flexibility index (Phi) is 5.23. The highest BCUT2D eigenvalue weighted by atomic mass is 35.5. The SMILES string of the molecule is COc1ccc(C(=O)Nc2cc(C)n(Cc3c(F)cccc3Cl)n2)cc1. The molecule has 0 unspecified atom stereocenters. The van der Waals surface area contributed by atoms with Crippen molar-refractivity contribution in [2.45, 2.75) is 13.5 Å². The number of carbonyl (C=O) groups is 1. The third-order valence-corrected chi connectivity index (χ3v) is 4.30. The number of ether oxygens (including phenoxy) is 1. The summed E-state index contributed by atoms with van der Waals surface area (Å²) in [7, 11) is 1.56. The Labute approximate surface area is 155 Å². The van der Waals surface area contributed by atoms with Gasteiger partial charge in [-0.3, -0.25) is 9.48 Å². The van der Waals surface area contributed by atoms with Crippen LogP contribution in [0.25, 0.3) is 0 Å². The van der Waals surface area contributed by atoms with E-state index in [-0.39, 0.29) is 12.5 Å². The van der Waals surface area contributed by atoms with Crippen LogP contribution >= 0.6 is 11.6 Å². The van der Waals surface area contributed by atoms with Gasteiger partial charge in [-0.15, -0.1) is 0 Å². The topological polar surface area (TPSA) is 56.1 Å². The molecule has 0 aliphatic heterocycles. The number of nitrogens with zero attached hydrogens (tertiary/aromatic N) is 2. The van der Waals surface area contributed by atoms with Crippen molar-refractivity contribution in [1.82, 2.24) is 9.78 Å². The number of rotatable bonds is 5. The molecule has 0 bridgehead atoms. The zero-order valence-electron chi connectivity index (χ0n) is 14.3. The lowest BCUT2D eigenvalue weighted by atomic mass is 10.2. The number of hydrogen-bond acceptors (Lipinski definition) is 3. The smallest absolute Gasteiger partial charge is 0.256 e. The van der Waals surface area contributed by atoms with Gasteiger partial charge >= 0.3 is 0 Å². The number of amides is 1. The first-order valence-electron chi connectivity index (χ1n) is 7.90. The van der Waals surface area contributed by atoms with Crippen LogP contribution in [0.1, 0.15) is 21.6 Å². The quantitative estimate of drug-likeness (QED) is 0.725. The maximum absolute atomic E-state index is 14.0. The third-order valence-electron chi connectivity index (χ3n) is 3.94. The van der Waals surface area contributed by atoms with E-state index in [2.05, 4.69) is 10.4 Å². The van der Waals surface area contributed by atoms with Crippen molar-refractivity contribution in [3.05, 3.63) is 76.2 Å². The summed E-state index contributed by atoms with van der Waals surface area (Å²) in [5.41, 5.74) is 1.61. The van der Waals surface area contributed by atoms with Crippen molar-refractivity contribution in [3.8, 4) is 5.75 Å². The number of methoxy groups -OCH3 is 1. The minimum absolute atomic E-state index is 0.176. The van der Waals surface area contributed by atoms with Crippen molar-refractivity contribution in [1.29, 1.82) is 0 Å². The number of benzene rings is 2. The molecule has 26 heavy (non-hydrogen) atoms. The van der Waals surface area contributed by atoms with Crippen LogP contribution in [0, 0.1) is 12.7 Å². The zero-order valence-corrected chi connectivity index (χ0v) is 15.0. The summed E-state index contributed by atoms with van der Waals surface area (Å²) in [6.45, 7) is 2.00. The molecule has 5 nitrogen and oxygen atoms in total. The predicted octanol–water partition coefficient (Wildman–Crippen LogP) is 4.29. The number of carbonyl (C=O) groups excluding carboxylic acids is 1. The fourth-order valence-electron chi connectivity index (χ4n) is 2.50. The Morgan fingerprint density at radius 3 is 2.65 bits per heavy atom. The average Bonchev–Trinajstić information content (AvgIpc) is 2.97. The molecule has 0 saturated heterocycles. The maximum atomic E-state index is 14.0. The molecule has 0 saturated carbocycles. The molecule has 0 spiro atoms. The van der Waals surface area contributed by atoms with Crippen LogP contribution in [0.5, 0.6) is 5.75 Å². The molecule has 0 aliphatic rings. The number of aromatic nitrogens is 2. The van der Waals surface area contributed by atoms with Crippen LogP contribution in [0.4, 0.5) is 10.2 Å². The lowest BCUT2D eigenvalue weighted by Gasteiger charge is -2.08. The first-order valence-corrected chi connectivity index (χ1v) is 8.28. The molecule has 3 rings (SSSR count). The minimum Gasteiger partial charge on any atom is -0.497 e. The molecule has 0 atom stereocenters. The first-order chi connectivity index (χ1) is 12.5. The van der Waals surface area contributed by atoms with Crippen LogP contribution < -0.4 is 10.1 Å². The summed E-state index contributed by atoms with van der Waals surface area (Å²) in [5, 5.41) is 7.39. The van der Waals surface area contributed by atoms with Crippen molar-refractivity contribution in [2.75, 3.05) is 12.4 Å². The lowest BCUT2D eigenvalue weighted by Crippen LogP contribution is -2.13. The molecule has 1 aromatic heterocycles. The fraction of sp³-hybridized carbons (Fsp3) is 0.158. The van der Waals surface area contributed by atoms with E-state index in [1.165, 1.54) is 6.07 Å². The van der Waals surface area contributed by atoms with E-state index in [1.54, 1.807) is 54.3 Å². The maximum Gasteiger partial charge on any atom is 0.256 e. The third kappa shape index (κ3) is 3.86. The van der Waals surface area contributed by atoms with E-state index < -0.39 is 5.82 Å². The number of halogens is 2. The van der Waals surface area contributed by atoms with E-state index in [1.807, 2.05) is 6.92 Å². The molecule has 1 N–H and O–H groups in total. The summed E-state index contributed by atoms with van der Waals surface area (Å²) in [4.78, 5) is 12.3. The van der Waals surface area contributed by atoms with Crippen molar-refractivity contribution in [2.24, 2.45) is 0 Å². The summed E-state index contributed by atoms with van der Waals surface area (Å²) in [6, 6.07) is 13.0. The average molecular weight is 374 g/mol. The highest BCUT2D eigenvalue weighted by Gasteiger charge is 2.13. The standard InChI is InChI=1S/C19H17ClFN3O2/c1-12-10-18(22-19(25)13-6-8-14(26-2)9-7-13)23-24(12)11-15-16(20)4-3-5-17(15)21/h3-10H,11H2,1-2H3,(H,22,23,25). The van der Waals surface area contributed by atoms with E-state index in [0.717, 1.165) is 5.69 Å². The monoisotopic (exact) mass is 373 g/mol. The number of nitrogens with one attached hydrogen (secondary N) is 1. The normalized spacial score (nSPS) is 10.6. The van der Waals surface area contributed by atoms with Gasteiger partial charge in [-0.1, -0.05) is 17.7 Å². The Balaban J connectivity index is 1.76. The van der Waals surface area contributed by atoms with Crippen molar-refractivity contribution >= 4 is 23.3 Å². The van der Waals surface area contributed by atoms with Gasteiger partial charge in [-0.2, -0.15) is 5.10 Å². The number of hydrogen-bond donors (Lipinski definition) is 1. The largest absolute Gasteiger partial charge is 0.497 e. The summed E-state index contributed by atoms with van der Waals surface area (Å²) < 4.78 is 20.6. The van der Waals surface area contributed by atoms with Crippen LogP contribution in [0.2, 0.25) is 5.02 Å². The van der Waals surface area contributed by atoms with E-state index in [0.29, 0.717) is 27.7 Å². The summed E-state index contributed by atoms with van der Waals surface area (Å²) in [6.07, 6.45) is 0. The summed E-state index contributed by atoms with van der Waals surface area (Å²) in [5.74, 6) is 0.372. The molecular formula is C19H17ClFN3O2. The second-order valence-electron chi connectivity index (χ2n) is 5.71. The van der Waals surface area contributed by atoms with Gasteiger partial charge in [-0.25, -0.2) is 4.39 Å². The number of anilines is 1. The predicted molar refractivity (Wildman–Crippen MR) is 98.4 cm³/mol. The van der Waals surface area contributed by atoms with Crippen LogP contribution in [0.3, 0.4) is 0 Å². The van der Waals surface area contributed by atoms with Gasteiger partial charge in [0.1, 0.15) is 11.6 Å². The Morgan fingerprint density at radius 2 is 2.00 bits per heavy atom. The highest BCUT2D eigenvalue weighted by molar-refractivity contribution is 6.31. The molecule has 0 radical (unpaired) electrons. The molecule has 134 valence electrons. The van der Waals surface area contributed by atoms with Gasteiger partial charge in [0.25, 0.3) is 5.91 Å². The number of aryl methyl sites for hydroxylation is 1. The molecule has 3 aromatic rings. The molecular weight excluding hydrogens is 357 g/mol. The zero-order chi connectivity index (χ0) is 18.7. The van der Waals surface area contributed by atoms with Crippen LogP contribution in [-0.4, -0.2) is 22.8 Å². The molecule has 0 fully saturated rings. The van der Waals surface area contributed by atoms with Gasteiger partial charge in [0.2, 0.25) is 0 Å². The van der Waals surface area contributed by atoms with Gasteiger partial charge in [0.15, 0.2) is 5.82 Å². The molecule has 1 amide bonds. The van der Waals surface area contributed by atoms with Gasteiger partial charge in [0.05, 0.1) is 13.7 Å². The summed E-state index contributed by atoms with van der Waals surface area (Å²) >= 11 is 6.07. The van der Waals surface area contributed by atoms with Crippen molar-refractivity contribution in [3.63, 3.8) is 0 Å². The van der Waals surface area contributed by atoms with Gasteiger partial charge in [-0.05, 0) is 43.3 Å². The lowest BCUT2D eigenvalue weighted by molar-refractivity contribution is 0.102. The molecule has 2 aromatic carbocycles. The van der Waals surface area contributed by atoms with Crippen molar-refractivity contribution < 1.29 is 13.9 Å². The fourth-order valence-corrected chi connectivity index (χ4v) is 2.72. The molecule has 0 aliphatic carbocycles. The van der Waals surface area contributed by atoms with Gasteiger partial charge in [0, 0.05) is 27.9 Å². The van der Waals surface area contributed by atoms with Crippen LogP contribution in [0.15, 0.2) is 48.5 Å². The van der Waals surface area contributed by atoms with E-state index in [4.69, 9.17) is 16.3 Å². The first kappa shape index (κ1) is 17.9. The molecule has 7 heteroatoms. The Hall–Kier alpha value is -2.86. The van der Waals surface area contributed by atoms with E-state index in [9.17, 15) is 9.18 Å². The Bertz CT molecular complexity index is 918. The highest BCUT2D eigenvalue weighted by Crippen LogP contribution is 2.21. The second kappa shape index (κ2) is 7.58. The van der Waals surface area contributed by atoms with Gasteiger partial charge < -0.3 is 10.1 Å². The minimum atomic E-state index is -0.392. The van der Waals surface area contributed by atoms with E-state index >= 15 is 0 Å². The second-order valence-corrected chi connectivity index (χ2v) is 6.12. The van der Waals surface area contributed by atoms with Crippen LogP contribution in [-0.2, 0) is 6.54 Å².